The number of hydrogen-bond acceptors (Lipinski definition) is 3. The van der Waals surface area contributed by atoms with E-state index in [4.69, 9.17) is 5.73 Å². The van der Waals surface area contributed by atoms with E-state index < -0.39 is 0 Å². The minimum atomic E-state index is 0.518. The lowest BCUT2D eigenvalue weighted by molar-refractivity contribution is 0.205. The minimum Gasteiger partial charge on any atom is -0.399 e. The van der Waals surface area contributed by atoms with Crippen LogP contribution in [0.15, 0.2) is 35.7 Å². The highest BCUT2D eigenvalue weighted by Crippen LogP contribution is 2.19. The highest BCUT2D eigenvalue weighted by molar-refractivity contribution is 7.09. The van der Waals surface area contributed by atoms with Crippen LogP contribution in [-0.2, 0) is 13.1 Å². The molecule has 2 nitrogen and oxygen atoms in total. The first-order chi connectivity index (χ1) is 9.06. The Bertz CT molecular complexity index is 518. The summed E-state index contributed by atoms with van der Waals surface area (Å²) in [6.07, 6.45) is 0. The van der Waals surface area contributed by atoms with Crippen LogP contribution in [0.25, 0.3) is 0 Å². The summed E-state index contributed by atoms with van der Waals surface area (Å²) in [5.74, 6) is 0. The fourth-order valence-corrected chi connectivity index (χ4v) is 2.78. The SMILES string of the molecule is Cc1ccc(CN(Cc2cccs2)C(C)C)cc1N. The van der Waals surface area contributed by atoms with Crippen molar-refractivity contribution >= 4 is 17.0 Å². The van der Waals surface area contributed by atoms with Crippen molar-refractivity contribution in [1.82, 2.24) is 4.90 Å². The zero-order chi connectivity index (χ0) is 13.8. The first kappa shape index (κ1) is 14.1. The third-order valence-electron chi connectivity index (χ3n) is 3.40. The van der Waals surface area contributed by atoms with Crippen molar-refractivity contribution in [2.45, 2.75) is 39.9 Å². The van der Waals surface area contributed by atoms with Gasteiger partial charge >= 0.3 is 0 Å². The van der Waals surface area contributed by atoms with Crippen LogP contribution in [0.3, 0.4) is 0 Å². The third-order valence-corrected chi connectivity index (χ3v) is 4.26. The molecule has 0 unspecified atom stereocenters. The second-order valence-electron chi connectivity index (χ2n) is 5.27. The molecular weight excluding hydrogens is 252 g/mol. The van der Waals surface area contributed by atoms with Gasteiger partial charge in [0.2, 0.25) is 0 Å². The van der Waals surface area contributed by atoms with Gasteiger partial charge in [-0.3, -0.25) is 4.90 Å². The molecule has 0 fully saturated rings. The maximum Gasteiger partial charge on any atom is 0.0346 e. The molecule has 2 rings (SSSR count). The number of aryl methyl sites for hydroxylation is 1. The molecular formula is C16H22N2S. The van der Waals surface area contributed by atoms with E-state index in [-0.39, 0.29) is 0 Å². The molecule has 19 heavy (non-hydrogen) atoms. The van der Waals surface area contributed by atoms with Gasteiger partial charge in [-0.1, -0.05) is 18.2 Å². The fourth-order valence-electron chi connectivity index (χ4n) is 2.05. The number of thiophene rings is 1. The Morgan fingerprint density at radius 2 is 2.00 bits per heavy atom. The Kier molecular flexibility index (Phi) is 4.61. The summed E-state index contributed by atoms with van der Waals surface area (Å²) in [6, 6.07) is 11.2. The lowest BCUT2D eigenvalue weighted by Crippen LogP contribution is -2.29. The summed E-state index contributed by atoms with van der Waals surface area (Å²) >= 11 is 1.82. The van der Waals surface area contributed by atoms with E-state index in [1.54, 1.807) is 0 Å². The van der Waals surface area contributed by atoms with E-state index in [1.807, 2.05) is 18.3 Å². The summed E-state index contributed by atoms with van der Waals surface area (Å²) in [7, 11) is 0. The molecule has 0 saturated heterocycles. The molecule has 1 aromatic heterocycles. The number of anilines is 1. The van der Waals surface area contributed by atoms with Crippen LogP contribution in [0.2, 0.25) is 0 Å². The van der Waals surface area contributed by atoms with Crippen LogP contribution in [0, 0.1) is 6.92 Å². The second-order valence-corrected chi connectivity index (χ2v) is 6.30. The molecule has 0 bridgehead atoms. The normalized spacial score (nSPS) is 11.4. The zero-order valence-electron chi connectivity index (χ0n) is 11.9. The number of nitrogens with zero attached hydrogens (tertiary/aromatic N) is 1. The van der Waals surface area contributed by atoms with Crippen molar-refractivity contribution in [1.29, 1.82) is 0 Å². The maximum absolute atomic E-state index is 5.99. The molecule has 2 N–H and O–H groups in total. The van der Waals surface area contributed by atoms with E-state index in [0.717, 1.165) is 24.3 Å². The average Bonchev–Trinajstić information content (AvgIpc) is 2.86. The lowest BCUT2D eigenvalue weighted by atomic mass is 10.1. The molecule has 1 heterocycles. The summed E-state index contributed by atoms with van der Waals surface area (Å²) in [5, 5.41) is 2.14. The molecule has 2 aromatic rings. The molecule has 0 saturated carbocycles. The molecule has 1 aromatic carbocycles. The monoisotopic (exact) mass is 274 g/mol. The van der Waals surface area contributed by atoms with Gasteiger partial charge in [0, 0.05) is 29.7 Å². The molecule has 0 amide bonds. The van der Waals surface area contributed by atoms with Gasteiger partial charge in [0.1, 0.15) is 0 Å². The Morgan fingerprint density at radius 1 is 1.21 bits per heavy atom. The molecule has 102 valence electrons. The largest absolute Gasteiger partial charge is 0.399 e. The van der Waals surface area contributed by atoms with E-state index in [2.05, 4.69) is 54.5 Å². The topological polar surface area (TPSA) is 29.3 Å². The Morgan fingerprint density at radius 3 is 2.58 bits per heavy atom. The van der Waals surface area contributed by atoms with Gasteiger partial charge in [-0.15, -0.1) is 11.3 Å². The van der Waals surface area contributed by atoms with Crippen LogP contribution in [0.4, 0.5) is 5.69 Å². The van der Waals surface area contributed by atoms with E-state index in [1.165, 1.54) is 10.4 Å². The van der Waals surface area contributed by atoms with E-state index in [0.29, 0.717) is 6.04 Å². The van der Waals surface area contributed by atoms with Gasteiger partial charge in [-0.05, 0) is 49.4 Å². The van der Waals surface area contributed by atoms with Crippen molar-refractivity contribution in [3.8, 4) is 0 Å². The van der Waals surface area contributed by atoms with Crippen LogP contribution < -0.4 is 5.73 Å². The predicted molar refractivity (Wildman–Crippen MR) is 84.3 cm³/mol. The van der Waals surface area contributed by atoms with Crippen LogP contribution in [0.1, 0.15) is 29.9 Å². The predicted octanol–water partition coefficient (Wildman–Crippen LogP) is 4.05. The van der Waals surface area contributed by atoms with Gasteiger partial charge in [-0.25, -0.2) is 0 Å². The standard InChI is InChI=1S/C16H22N2S/c1-12(2)18(11-15-5-4-8-19-15)10-14-7-6-13(3)16(17)9-14/h4-9,12H,10-11,17H2,1-3H3. The number of rotatable bonds is 5. The molecule has 0 spiro atoms. The molecule has 0 atom stereocenters. The van der Waals surface area contributed by atoms with Gasteiger partial charge in [-0.2, -0.15) is 0 Å². The molecule has 0 aliphatic rings. The number of hydrogen-bond donors (Lipinski definition) is 1. The van der Waals surface area contributed by atoms with Gasteiger partial charge in [0.25, 0.3) is 0 Å². The molecule has 0 aliphatic carbocycles. The van der Waals surface area contributed by atoms with Crippen LogP contribution in [0.5, 0.6) is 0 Å². The van der Waals surface area contributed by atoms with E-state index in [9.17, 15) is 0 Å². The molecule has 3 heteroatoms. The summed E-state index contributed by atoms with van der Waals surface area (Å²) in [5.41, 5.74) is 9.31. The zero-order valence-corrected chi connectivity index (χ0v) is 12.7. The van der Waals surface area contributed by atoms with Crippen molar-refractivity contribution in [2.24, 2.45) is 0 Å². The number of nitrogens with two attached hydrogens (primary N) is 1. The van der Waals surface area contributed by atoms with Gasteiger partial charge in [0.05, 0.1) is 0 Å². The Hall–Kier alpha value is -1.32. The van der Waals surface area contributed by atoms with Gasteiger partial charge in [0.15, 0.2) is 0 Å². The quantitative estimate of drug-likeness (QED) is 0.833. The Labute approximate surface area is 119 Å². The lowest BCUT2D eigenvalue weighted by Gasteiger charge is -2.26. The second kappa shape index (κ2) is 6.22. The maximum atomic E-state index is 5.99. The summed E-state index contributed by atoms with van der Waals surface area (Å²) < 4.78 is 0. The number of benzene rings is 1. The van der Waals surface area contributed by atoms with Crippen LogP contribution in [-0.4, -0.2) is 10.9 Å². The highest BCUT2D eigenvalue weighted by atomic mass is 32.1. The molecule has 0 aliphatic heterocycles. The first-order valence-electron chi connectivity index (χ1n) is 6.67. The molecule has 0 radical (unpaired) electrons. The van der Waals surface area contributed by atoms with Crippen molar-refractivity contribution in [2.75, 3.05) is 5.73 Å². The average molecular weight is 274 g/mol. The van der Waals surface area contributed by atoms with Crippen molar-refractivity contribution < 1.29 is 0 Å². The highest BCUT2D eigenvalue weighted by Gasteiger charge is 2.12. The summed E-state index contributed by atoms with van der Waals surface area (Å²) in [4.78, 5) is 3.88. The first-order valence-corrected chi connectivity index (χ1v) is 7.55. The number of nitrogen functional groups attached to an aromatic ring is 1. The smallest absolute Gasteiger partial charge is 0.0346 e. The van der Waals surface area contributed by atoms with Crippen LogP contribution >= 0.6 is 11.3 Å². The summed E-state index contributed by atoms with van der Waals surface area (Å²) in [6.45, 7) is 8.48. The van der Waals surface area contributed by atoms with E-state index >= 15 is 0 Å². The Balaban J connectivity index is 2.09. The van der Waals surface area contributed by atoms with Crippen molar-refractivity contribution in [3.63, 3.8) is 0 Å². The third kappa shape index (κ3) is 3.82. The van der Waals surface area contributed by atoms with Crippen molar-refractivity contribution in [3.05, 3.63) is 51.7 Å². The minimum absolute atomic E-state index is 0.518. The van der Waals surface area contributed by atoms with Gasteiger partial charge < -0.3 is 5.73 Å². The fraction of sp³-hybridized carbons (Fsp3) is 0.375.